The molecule has 3 nitrogen and oxygen atoms in total. The molecule has 0 aliphatic heterocycles. The van der Waals surface area contributed by atoms with Crippen molar-refractivity contribution in [1.29, 1.82) is 0 Å². The zero-order valence-corrected chi connectivity index (χ0v) is 8.41. The summed E-state index contributed by atoms with van der Waals surface area (Å²) in [5.74, 6) is 0.343. The van der Waals surface area contributed by atoms with Gasteiger partial charge in [-0.2, -0.15) is 20.2 Å². The first-order valence-corrected chi connectivity index (χ1v) is 6.18. The van der Waals surface area contributed by atoms with E-state index in [2.05, 4.69) is 0 Å². The fraction of sp³-hybridized carbons (Fsp3) is 1.00. The lowest BCUT2D eigenvalue weighted by Gasteiger charge is -2.05. The molecule has 1 unspecified atom stereocenters. The highest BCUT2D eigenvalue weighted by Crippen LogP contribution is 2.13. The van der Waals surface area contributed by atoms with Crippen LogP contribution in [0.15, 0.2) is 0 Å². The predicted molar refractivity (Wildman–Crippen MR) is 48.6 cm³/mol. The van der Waals surface area contributed by atoms with Crippen molar-refractivity contribution >= 4 is 21.9 Å². The molecule has 0 heterocycles. The van der Waals surface area contributed by atoms with Crippen LogP contribution >= 0.6 is 11.8 Å². The minimum Gasteiger partial charge on any atom is -0.286 e. The van der Waals surface area contributed by atoms with Crippen LogP contribution in [0, 0.1) is 0 Å². The van der Waals surface area contributed by atoms with Gasteiger partial charge in [0.2, 0.25) is 0 Å². The molecule has 0 aromatic rings. The van der Waals surface area contributed by atoms with Gasteiger partial charge < -0.3 is 0 Å². The standard InChI is InChI=1S/C6H14O3S2/c1-3-6(2)10-4-5-11(7,8)9/h6H,3-5H2,1-2H3,(H,7,8,9). The molecule has 0 fully saturated rings. The third-order valence-corrected chi connectivity index (χ3v) is 3.64. The SMILES string of the molecule is CCC(C)SCCS(=O)(=O)O. The first-order chi connectivity index (χ1) is 4.95. The predicted octanol–water partition coefficient (Wildman–Crippen LogP) is 1.41. The summed E-state index contributed by atoms with van der Waals surface area (Å²) < 4.78 is 28.8. The lowest BCUT2D eigenvalue weighted by Crippen LogP contribution is -2.08. The summed E-state index contributed by atoms with van der Waals surface area (Å²) in [7, 11) is -3.75. The summed E-state index contributed by atoms with van der Waals surface area (Å²) in [6, 6.07) is 0. The third-order valence-electron chi connectivity index (χ3n) is 1.32. The monoisotopic (exact) mass is 198 g/mol. The van der Waals surface area contributed by atoms with E-state index < -0.39 is 10.1 Å². The van der Waals surface area contributed by atoms with E-state index in [1.807, 2.05) is 13.8 Å². The van der Waals surface area contributed by atoms with E-state index in [4.69, 9.17) is 4.55 Å². The molecule has 5 heteroatoms. The highest BCUT2D eigenvalue weighted by atomic mass is 32.2. The van der Waals surface area contributed by atoms with Gasteiger partial charge in [0, 0.05) is 11.0 Å². The molecule has 0 amide bonds. The Morgan fingerprint density at radius 1 is 1.55 bits per heavy atom. The number of rotatable bonds is 5. The van der Waals surface area contributed by atoms with Gasteiger partial charge in [-0.15, -0.1) is 0 Å². The lowest BCUT2D eigenvalue weighted by atomic mass is 10.4. The van der Waals surface area contributed by atoms with E-state index in [1.54, 1.807) is 11.8 Å². The van der Waals surface area contributed by atoms with Gasteiger partial charge in [0.25, 0.3) is 10.1 Å². The zero-order valence-electron chi connectivity index (χ0n) is 6.78. The van der Waals surface area contributed by atoms with Gasteiger partial charge in [0.05, 0.1) is 5.75 Å². The molecule has 0 aromatic carbocycles. The van der Waals surface area contributed by atoms with Gasteiger partial charge in [0.1, 0.15) is 0 Å². The fourth-order valence-electron chi connectivity index (χ4n) is 0.472. The second kappa shape index (κ2) is 5.00. The van der Waals surface area contributed by atoms with Gasteiger partial charge in [-0.3, -0.25) is 4.55 Å². The van der Waals surface area contributed by atoms with Crippen LogP contribution in [0.1, 0.15) is 20.3 Å². The van der Waals surface area contributed by atoms with Crippen LogP contribution in [0.25, 0.3) is 0 Å². The summed E-state index contributed by atoms with van der Waals surface area (Å²) in [4.78, 5) is 0. The molecular weight excluding hydrogens is 184 g/mol. The Bertz CT molecular complexity index is 186. The molecule has 0 aliphatic rings. The van der Waals surface area contributed by atoms with Gasteiger partial charge in [0.15, 0.2) is 0 Å². The number of thioether (sulfide) groups is 1. The zero-order chi connectivity index (χ0) is 8.91. The summed E-state index contributed by atoms with van der Waals surface area (Å²) in [6.07, 6.45) is 1.02. The third kappa shape index (κ3) is 8.16. The van der Waals surface area contributed by atoms with Crippen molar-refractivity contribution < 1.29 is 13.0 Å². The average molecular weight is 198 g/mol. The molecule has 11 heavy (non-hydrogen) atoms. The first-order valence-electron chi connectivity index (χ1n) is 3.52. The minimum atomic E-state index is -3.75. The van der Waals surface area contributed by atoms with E-state index in [0.29, 0.717) is 11.0 Å². The Morgan fingerprint density at radius 3 is 2.45 bits per heavy atom. The molecular formula is C6H14O3S2. The Labute approximate surface area is 72.3 Å². The van der Waals surface area contributed by atoms with Crippen LogP contribution in [-0.4, -0.2) is 29.7 Å². The molecule has 0 rings (SSSR count). The van der Waals surface area contributed by atoms with Crippen molar-refractivity contribution in [3.63, 3.8) is 0 Å². The Kier molecular flexibility index (Phi) is 5.12. The highest BCUT2D eigenvalue weighted by Gasteiger charge is 2.05. The van der Waals surface area contributed by atoms with Crippen molar-refractivity contribution in [2.24, 2.45) is 0 Å². The van der Waals surface area contributed by atoms with E-state index in [-0.39, 0.29) is 5.75 Å². The largest absolute Gasteiger partial charge is 0.286 e. The number of hydrogen-bond acceptors (Lipinski definition) is 3. The fourth-order valence-corrected chi connectivity index (χ4v) is 2.34. The van der Waals surface area contributed by atoms with Gasteiger partial charge in [-0.1, -0.05) is 13.8 Å². The van der Waals surface area contributed by atoms with E-state index in [9.17, 15) is 8.42 Å². The Morgan fingerprint density at radius 2 is 2.09 bits per heavy atom. The van der Waals surface area contributed by atoms with E-state index in [1.165, 1.54) is 0 Å². The molecule has 0 aliphatic carbocycles. The second-order valence-corrected chi connectivity index (χ2v) is 5.49. The number of hydrogen-bond donors (Lipinski definition) is 1. The molecule has 0 saturated carbocycles. The van der Waals surface area contributed by atoms with Crippen LogP contribution in [-0.2, 0) is 10.1 Å². The molecule has 0 bridgehead atoms. The maximum absolute atomic E-state index is 10.2. The Hall–Kier alpha value is 0.260. The van der Waals surface area contributed by atoms with Gasteiger partial charge >= 0.3 is 0 Å². The quantitative estimate of drug-likeness (QED) is 0.679. The molecule has 0 aromatic heterocycles. The molecule has 1 atom stereocenters. The lowest BCUT2D eigenvalue weighted by molar-refractivity contribution is 0.485. The van der Waals surface area contributed by atoms with Crippen molar-refractivity contribution in [2.75, 3.05) is 11.5 Å². The van der Waals surface area contributed by atoms with Crippen LogP contribution in [0.5, 0.6) is 0 Å². The molecule has 0 radical (unpaired) electrons. The maximum atomic E-state index is 10.2. The van der Waals surface area contributed by atoms with E-state index >= 15 is 0 Å². The molecule has 1 N–H and O–H groups in total. The summed E-state index contributed by atoms with van der Waals surface area (Å²) >= 11 is 1.56. The second-order valence-electron chi connectivity index (χ2n) is 2.38. The highest BCUT2D eigenvalue weighted by molar-refractivity contribution is 8.00. The summed E-state index contributed by atoms with van der Waals surface area (Å²) in [5.41, 5.74) is 0. The van der Waals surface area contributed by atoms with E-state index in [0.717, 1.165) is 6.42 Å². The van der Waals surface area contributed by atoms with Crippen molar-refractivity contribution in [1.82, 2.24) is 0 Å². The Balaban J connectivity index is 3.43. The van der Waals surface area contributed by atoms with Gasteiger partial charge in [-0.05, 0) is 6.42 Å². The van der Waals surface area contributed by atoms with Crippen LogP contribution in [0.3, 0.4) is 0 Å². The summed E-state index contributed by atoms with van der Waals surface area (Å²) in [5, 5.41) is 0.469. The minimum absolute atomic E-state index is 0.137. The topological polar surface area (TPSA) is 54.4 Å². The smallest absolute Gasteiger partial charge is 0.265 e. The molecule has 0 saturated heterocycles. The van der Waals surface area contributed by atoms with Crippen molar-refractivity contribution in [2.45, 2.75) is 25.5 Å². The van der Waals surface area contributed by atoms with Crippen LogP contribution < -0.4 is 0 Å². The van der Waals surface area contributed by atoms with Crippen LogP contribution in [0.4, 0.5) is 0 Å². The first kappa shape index (κ1) is 11.3. The van der Waals surface area contributed by atoms with Crippen molar-refractivity contribution in [3.8, 4) is 0 Å². The van der Waals surface area contributed by atoms with Crippen LogP contribution in [0.2, 0.25) is 0 Å². The van der Waals surface area contributed by atoms with Crippen molar-refractivity contribution in [3.05, 3.63) is 0 Å². The maximum Gasteiger partial charge on any atom is 0.265 e. The molecule has 0 spiro atoms. The average Bonchev–Trinajstić information content (AvgIpc) is 1.85. The summed E-state index contributed by atoms with van der Waals surface area (Å²) in [6.45, 7) is 4.08. The van der Waals surface area contributed by atoms with Gasteiger partial charge in [-0.25, -0.2) is 0 Å². The molecule has 68 valence electrons. The normalized spacial score (nSPS) is 14.8.